The maximum atomic E-state index is 9.42. The van der Waals surface area contributed by atoms with E-state index in [1.165, 1.54) is 44.9 Å². The van der Waals surface area contributed by atoms with E-state index >= 15 is 0 Å². The average molecular weight is 224 g/mol. The second kappa shape index (κ2) is 7.89. The molecule has 0 radical (unpaired) electrons. The third-order valence-electron chi connectivity index (χ3n) is 3.99. The Kier molecular flexibility index (Phi) is 6.79. The number of aliphatic hydroxyl groups is 1. The molecule has 1 fully saturated rings. The lowest BCUT2D eigenvalue weighted by Gasteiger charge is -2.25. The first-order valence-corrected chi connectivity index (χ1v) is 7.03. The van der Waals surface area contributed by atoms with Crippen molar-refractivity contribution in [1.82, 2.24) is 0 Å². The first-order valence-electron chi connectivity index (χ1n) is 7.03. The second-order valence-corrected chi connectivity index (χ2v) is 5.53. The lowest BCUT2D eigenvalue weighted by Crippen LogP contribution is -2.17. The van der Waals surface area contributed by atoms with Crippen LogP contribution in [0.3, 0.4) is 0 Å². The predicted octanol–water partition coefficient (Wildman–Crippen LogP) is 4.31. The van der Waals surface area contributed by atoms with E-state index in [9.17, 15) is 5.11 Å². The van der Waals surface area contributed by atoms with Gasteiger partial charge < -0.3 is 5.11 Å². The smallest absolute Gasteiger partial charge is 0.0540 e. The van der Waals surface area contributed by atoms with E-state index in [1.807, 2.05) is 0 Å². The molecule has 94 valence electrons. The molecule has 0 aromatic heterocycles. The van der Waals surface area contributed by atoms with Crippen LogP contribution in [0.25, 0.3) is 0 Å². The highest BCUT2D eigenvalue weighted by Crippen LogP contribution is 2.28. The first-order chi connectivity index (χ1) is 7.72. The zero-order valence-corrected chi connectivity index (χ0v) is 10.8. The van der Waals surface area contributed by atoms with E-state index in [0.717, 1.165) is 18.8 Å². The molecule has 1 heteroatoms. The molecule has 0 heterocycles. The van der Waals surface area contributed by atoms with Gasteiger partial charge in [-0.3, -0.25) is 0 Å². The summed E-state index contributed by atoms with van der Waals surface area (Å²) in [5, 5.41) is 9.42. The van der Waals surface area contributed by atoms with Gasteiger partial charge >= 0.3 is 0 Å². The van der Waals surface area contributed by atoms with Crippen LogP contribution in [-0.2, 0) is 0 Å². The summed E-state index contributed by atoms with van der Waals surface area (Å²) >= 11 is 0. The molecule has 1 saturated carbocycles. The fourth-order valence-corrected chi connectivity index (χ4v) is 2.63. The maximum absolute atomic E-state index is 9.42. The Morgan fingerprint density at radius 2 is 1.88 bits per heavy atom. The monoisotopic (exact) mass is 224 g/mol. The van der Waals surface area contributed by atoms with Crippen molar-refractivity contribution in [3.05, 3.63) is 12.7 Å². The van der Waals surface area contributed by atoms with E-state index in [2.05, 4.69) is 19.6 Å². The van der Waals surface area contributed by atoms with Crippen molar-refractivity contribution in [1.29, 1.82) is 0 Å². The Morgan fingerprint density at radius 3 is 2.50 bits per heavy atom. The largest absolute Gasteiger partial charge is 0.393 e. The van der Waals surface area contributed by atoms with E-state index in [4.69, 9.17) is 0 Å². The molecule has 1 rings (SSSR count). The summed E-state index contributed by atoms with van der Waals surface area (Å²) in [5.74, 6) is 1.59. The molecule has 16 heavy (non-hydrogen) atoms. The zero-order chi connectivity index (χ0) is 11.8. The van der Waals surface area contributed by atoms with Gasteiger partial charge in [0.2, 0.25) is 0 Å². The highest BCUT2D eigenvalue weighted by molar-refractivity contribution is 4.75. The quantitative estimate of drug-likeness (QED) is 0.504. The van der Waals surface area contributed by atoms with Crippen LogP contribution in [0.15, 0.2) is 12.7 Å². The third-order valence-corrected chi connectivity index (χ3v) is 3.99. The van der Waals surface area contributed by atoms with Gasteiger partial charge in [-0.15, -0.1) is 6.58 Å². The molecule has 0 aromatic carbocycles. The molecule has 1 aliphatic carbocycles. The van der Waals surface area contributed by atoms with Crippen molar-refractivity contribution in [3.8, 4) is 0 Å². The fraction of sp³-hybridized carbons (Fsp3) is 0.867. The van der Waals surface area contributed by atoms with Crippen LogP contribution in [0.2, 0.25) is 0 Å². The maximum Gasteiger partial charge on any atom is 0.0540 e. The van der Waals surface area contributed by atoms with Gasteiger partial charge in [-0.2, -0.15) is 0 Å². The van der Waals surface area contributed by atoms with E-state index in [-0.39, 0.29) is 6.10 Å². The molecule has 0 spiro atoms. The summed E-state index contributed by atoms with van der Waals surface area (Å²) in [7, 11) is 0. The SMILES string of the molecule is C=CC(C)CCCCCC1CCC(O)CC1. The second-order valence-electron chi connectivity index (χ2n) is 5.53. The topological polar surface area (TPSA) is 20.2 Å². The minimum atomic E-state index is 0.00434. The zero-order valence-electron chi connectivity index (χ0n) is 10.8. The number of aliphatic hydroxyl groups excluding tert-OH is 1. The van der Waals surface area contributed by atoms with Crippen LogP contribution < -0.4 is 0 Å². The number of allylic oxidation sites excluding steroid dienone is 1. The van der Waals surface area contributed by atoms with Crippen molar-refractivity contribution >= 4 is 0 Å². The van der Waals surface area contributed by atoms with Crippen molar-refractivity contribution in [2.45, 2.75) is 70.8 Å². The van der Waals surface area contributed by atoms with Gasteiger partial charge in [0.25, 0.3) is 0 Å². The summed E-state index contributed by atoms with van der Waals surface area (Å²) in [6, 6.07) is 0. The lowest BCUT2D eigenvalue weighted by molar-refractivity contribution is 0.106. The summed E-state index contributed by atoms with van der Waals surface area (Å²) in [6.45, 7) is 6.06. The Balaban J connectivity index is 1.93. The van der Waals surface area contributed by atoms with E-state index < -0.39 is 0 Å². The molecule has 1 aliphatic rings. The molecular weight excluding hydrogens is 196 g/mol. The highest BCUT2D eigenvalue weighted by atomic mass is 16.3. The highest BCUT2D eigenvalue weighted by Gasteiger charge is 2.18. The molecule has 0 saturated heterocycles. The van der Waals surface area contributed by atoms with Gasteiger partial charge in [-0.05, 0) is 43.9 Å². The minimum Gasteiger partial charge on any atom is -0.393 e. The molecule has 1 atom stereocenters. The van der Waals surface area contributed by atoms with Gasteiger partial charge in [-0.25, -0.2) is 0 Å². The standard InChI is InChI=1S/C15H28O/c1-3-13(2)7-5-4-6-8-14-9-11-15(16)12-10-14/h3,13-16H,1,4-12H2,2H3. The number of rotatable bonds is 7. The van der Waals surface area contributed by atoms with Crippen molar-refractivity contribution in [3.63, 3.8) is 0 Å². The molecule has 1 nitrogen and oxygen atoms in total. The fourth-order valence-electron chi connectivity index (χ4n) is 2.63. The van der Waals surface area contributed by atoms with Gasteiger partial charge in [0.05, 0.1) is 6.10 Å². The number of unbranched alkanes of at least 4 members (excludes halogenated alkanes) is 2. The normalized spacial score (nSPS) is 27.6. The van der Waals surface area contributed by atoms with E-state index in [0.29, 0.717) is 5.92 Å². The summed E-state index contributed by atoms with van der Waals surface area (Å²) in [5.41, 5.74) is 0. The van der Waals surface area contributed by atoms with Crippen LogP contribution in [0.4, 0.5) is 0 Å². The number of hydrogen-bond acceptors (Lipinski definition) is 1. The average Bonchev–Trinajstić information content (AvgIpc) is 2.31. The Hall–Kier alpha value is -0.300. The number of hydrogen-bond donors (Lipinski definition) is 1. The Bertz CT molecular complexity index is 180. The van der Waals surface area contributed by atoms with Crippen LogP contribution in [0.1, 0.15) is 64.7 Å². The van der Waals surface area contributed by atoms with E-state index in [1.54, 1.807) is 0 Å². The van der Waals surface area contributed by atoms with Gasteiger partial charge in [0.15, 0.2) is 0 Å². The van der Waals surface area contributed by atoms with Gasteiger partial charge in [0, 0.05) is 0 Å². The Morgan fingerprint density at radius 1 is 1.19 bits per heavy atom. The van der Waals surface area contributed by atoms with Gasteiger partial charge in [-0.1, -0.05) is 38.7 Å². The molecular formula is C15H28O. The van der Waals surface area contributed by atoms with Crippen LogP contribution in [0.5, 0.6) is 0 Å². The first kappa shape index (κ1) is 13.8. The van der Waals surface area contributed by atoms with Crippen molar-refractivity contribution < 1.29 is 5.11 Å². The summed E-state index contributed by atoms with van der Waals surface area (Å²) < 4.78 is 0. The van der Waals surface area contributed by atoms with Crippen molar-refractivity contribution in [2.24, 2.45) is 11.8 Å². The molecule has 1 N–H and O–H groups in total. The van der Waals surface area contributed by atoms with Gasteiger partial charge in [0.1, 0.15) is 0 Å². The molecule has 0 aromatic rings. The summed E-state index contributed by atoms with van der Waals surface area (Å²) in [4.78, 5) is 0. The van der Waals surface area contributed by atoms with Crippen LogP contribution in [-0.4, -0.2) is 11.2 Å². The predicted molar refractivity (Wildman–Crippen MR) is 70.4 cm³/mol. The minimum absolute atomic E-state index is 0.00434. The van der Waals surface area contributed by atoms with Crippen LogP contribution >= 0.6 is 0 Å². The van der Waals surface area contributed by atoms with Crippen molar-refractivity contribution in [2.75, 3.05) is 0 Å². The third kappa shape index (κ3) is 5.69. The molecule has 1 unspecified atom stereocenters. The lowest BCUT2D eigenvalue weighted by atomic mass is 9.84. The molecule has 0 aliphatic heterocycles. The summed E-state index contributed by atoms with van der Waals surface area (Å²) in [6.07, 6.45) is 13.4. The molecule has 0 bridgehead atoms. The molecule has 0 amide bonds. The van der Waals surface area contributed by atoms with Crippen LogP contribution in [0, 0.1) is 11.8 Å². The Labute approximate surface area is 101 Å².